The standard InChI is InChI=1S/C15H22O2/c1-9(2)14(8-16)15(17)13-7-11(4)10(3)6-12(13)5/h6-7,9,14,16H,8H2,1-5H3. The Balaban J connectivity index is 3.16. The van der Waals surface area contributed by atoms with Crippen LogP contribution in [-0.2, 0) is 0 Å². The molecule has 1 aromatic rings. The number of carbonyl (C=O) groups excluding carboxylic acids is 1. The van der Waals surface area contributed by atoms with Gasteiger partial charge in [0.15, 0.2) is 5.78 Å². The number of hydrogen-bond acceptors (Lipinski definition) is 2. The first-order valence-corrected chi connectivity index (χ1v) is 6.11. The van der Waals surface area contributed by atoms with Crippen LogP contribution in [0.15, 0.2) is 12.1 Å². The van der Waals surface area contributed by atoms with Crippen LogP contribution in [0.25, 0.3) is 0 Å². The van der Waals surface area contributed by atoms with Crippen LogP contribution < -0.4 is 0 Å². The number of carbonyl (C=O) groups is 1. The Kier molecular flexibility index (Phi) is 4.47. The van der Waals surface area contributed by atoms with Crippen molar-refractivity contribution in [1.82, 2.24) is 0 Å². The second-order valence-corrected chi connectivity index (χ2v) is 5.15. The lowest BCUT2D eigenvalue weighted by Crippen LogP contribution is -2.24. The van der Waals surface area contributed by atoms with Crippen LogP contribution in [0.2, 0.25) is 0 Å². The molecule has 0 aliphatic carbocycles. The van der Waals surface area contributed by atoms with Gasteiger partial charge in [0.2, 0.25) is 0 Å². The van der Waals surface area contributed by atoms with Crippen molar-refractivity contribution >= 4 is 5.78 Å². The molecule has 2 nitrogen and oxygen atoms in total. The third-order valence-electron chi connectivity index (χ3n) is 3.44. The summed E-state index contributed by atoms with van der Waals surface area (Å²) >= 11 is 0. The van der Waals surface area contributed by atoms with Crippen LogP contribution in [0.1, 0.15) is 40.9 Å². The van der Waals surface area contributed by atoms with E-state index >= 15 is 0 Å². The molecule has 0 aliphatic heterocycles. The fourth-order valence-electron chi connectivity index (χ4n) is 2.02. The fraction of sp³-hybridized carbons (Fsp3) is 0.533. The van der Waals surface area contributed by atoms with Gasteiger partial charge in [0.05, 0.1) is 6.61 Å². The second-order valence-electron chi connectivity index (χ2n) is 5.15. The quantitative estimate of drug-likeness (QED) is 0.813. The Hall–Kier alpha value is -1.15. The van der Waals surface area contributed by atoms with E-state index < -0.39 is 0 Å². The first kappa shape index (κ1) is 13.9. The number of benzene rings is 1. The van der Waals surface area contributed by atoms with E-state index in [-0.39, 0.29) is 24.2 Å². The predicted molar refractivity (Wildman–Crippen MR) is 70.4 cm³/mol. The number of Topliss-reactive ketones (excluding diaryl/α,β-unsaturated/α-hetero) is 1. The summed E-state index contributed by atoms with van der Waals surface area (Å²) in [6.45, 7) is 9.86. The zero-order valence-corrected chi connectivity index (χ0v) is 11.4. The molecular formula is C15H22O2. The second kappa shape index (κ2) is 5.46. The Morgan fingerprint density at radius 2 is 1.65 bits per heavy atom. The third-order valence-corrected chi connectivity index (χ3v) is 3.44. The van der Waals surface area contributed by atoms with Crippen LogP contribution >= 0.6 is 0 Å². The molecule has 0 heterocycles. The molecule has 0 spiro atoms. The van der Waals surface area contributed by atoms with E-state index in [4.69, 9.17) is 0 Å². The van der Waals surface area contributed by atoms with Crippen molar-refractivity contribution in [2.45, 2.75) is 34.6 Å². The zero-order chi connectivity index (χ0) is 13.2. The van der Waals surface area contributed by atoms with E-state index in [1.165, 1.54) is 5.56 Å². The first-order chi connectivity index (χ1) is 7.88. The lowest BCUT2D eigenvalue weighted by molar-refractivity contribution is 0.0806. The van der Waals surface area contributed by atoms with Crippen molar-refractivity contribution in [1.29, 1.82) is 0 Å². The topological polar surface area (TPSA) is 37.3 Å². The first-order valence-electron chi connectivity index (χ1n) is 6.11. The Morgan fingerprint density at radius 3 is 2.12 bits per heavy atom. The van der Waals surface area contributed by atoms with Crippen molar-refractivity contribution in [2.75, 3.05) is 6.61 Å². The lowest BCUT2D eigenvalue weighted by atomic mass is 9.86. The van der Waals surface area contributed by atoms with Crippen molar-refractivity contribution in [2.24, 2.45) is 11.8 Å². The summed E-state index contributed by atoms with van der Waals surface area (Å²) in [6, 6.07) is 3.98. The van der Waals surface area contributed by atoms with Gasteiger partial charge in [-0.3, -0.25) is 4.79 Å². The van der Waals surface area contributed by atoms with Gasteiger partial charge in [-0.05, 0) is 49.4 Å². The molecule has 0 aromatic heterocycles. The van der Waals surface area contributed by atoms with Crippen molar-refractivity contribution in [3.05, 3.63) is 34.4 Å². The van der Waals surface area contributed by atoms with E-state index in [9.17, 15) is 9.90 Å². The minimum Gasteiger partial charge on any atom is -0.396 e. The average Bonchev–Trinajstić information content (AvgIpc) is 2.23. The summed E-state index contributed by atoms with van der Waals surface area (Å²) in [5.41, 5.74) is 4.07. The summed E-state index contributed by atoms with van der Waals surface area (Å²) in [5.74, 6) is -0.0765. The smallest absolute Gasteiger partial charge is 0.168 e. The number of ketones is 1. The van der Waals surface area contributed by atoms with Crippen molar-refractivity contribution in [3.8, 4) is 0 Å². The monoisotopic (exact) mass is 234 g/mol. The van der Waals surface area contributed by atoms with Crippen molar-refractivity contribution < 1.29 is 9.90 Å². The van der Waals surface area contributed by atoms with Crippen LogP contribution in [0.4, 0.5) is 0 Å². The zero-order valence-electron chi connectivity index (χ0n) is 11.4. The van der Waals surface area contributed by atoms with Gasteiger partial charge >= 0.3 is 0 Å². The molecule has 1 unspecified atom stereocenters. The van der Waals surface area contributed by atoms with E-state index in [2.05, 4.69) is 0 Å². The number of aliphatic hydroxyl groups is 1. The molecule has 0 fully saturated rings. The maximum Gasteiger partial charge on any atom is 0.168 e. The Bertz CT molecular complexity index is 419. The molecule has 1 atom stereocenters. The average molecular weight is 234 g/mol. The molecule has 1 rings (SSSR count). The highest BCUT2D eigenvalue weighted by Crippen LogP contribution is 2.22. The molecule has 0 radical (unpaired) electrons. The molecule has 0 saturated heterocycles. The van der Waals surface area contributed by atoms with Crippen LogP contribution in [0, 0.1) is 32.6 Å². The Labute approximate surface area is 104 Å². The van der Waals surface area contributed by atoms with E-state index in [0.29, 0.717) is 0 Å². The number of aliphatic hydroxyl groups excluding tert-OH is 1. The Morgan fingerprint density at radius 1 is 1.12 bits per heavy atom. The van der Waals surface area contributed by atoms with E-state index in [1.54, 1.807) is 0 Å². The SMILES string of the molecule is Cc1cc(C)c(C(=O)C(CO)C(C)C)cc1C. The predicted octanol–water partition coefficient (Wildman–Crippen LogP) is 3.06. The van der Waals surface area contributed by atoms with Gasteiger partial charge in [0, 0.05) is 11.5 Å². The van der Waals surface area contributed by atoms with Gasteiger partial charge < -0.3 is 5.11 Å². The summed E-state index contributed by atoms with van der Waals surface area (Å²) in [7, 11) is 0. The number of hydrogen-bond donors (Lipinski definition) is 1. The van der Waals surface area contributed by atoms with Gasteiger partial charge in [-0.15, -0.1) is 0 Å². The summed E-state index contributed by atoms with van der Waals surface area (Å²) in [4.78, 5) is 12.3. The summed E-state index contributed by atoms with van der Waals surface area (Å²) < 4.78 is 0. The maximum atomic E-state index is 12.3. The molecule has 0 amide bonds. The van der Waals surface area contributed by atoms with Gasteiger partial charge in [-0.1, -0.05) is 19.9 Å². The van der Waals surface area contributed by atoms with Crippen molar-refractivity contribution in [3.63, 3.8) is 0 Å². The molecule has 0 bridgehead atoms. The van der Waals surface area contributed by atoms with Gasteiger partial charge in [-0.2, -0.15) is 0 Å². The number of rotatable bonds is 4. The van der Waals surface area contributed by atoms with Gasteiger partial charge in [0.1, 0.15) is 0 Å². The normalized spacial score (nSPS) is 12.9. The molecule has 1 N–H and O–H groups in total. The fourth-order valence-corrected chi connectivity index (χ4v) is 2.02. The highest BCUT2D eigenvalue weighted by atomic mass is 16.3. The van der Waals surface area contributed by atoms with Crippen LogP contribution in [0.3, 0.4) is 0 Å². The minimum atomic E-state index is -0.296. The molecule has 0 saturated carbocycles. The highest BCUT2D eigenvalue weighted by Gasteiger charge is 2.24. The largest absolute Gasteiger partial charge is 0.396 e. The maximum absolute atomic E-state index is 12.3. The minimum absolute atomic E-state index is 0.0584. The molecule has 1 aromatic carbocycles. The van der Waals surface area contributed by atoms with Gasteiger partial charge in [-0.25, -0.2) is 0 Å². The molecule has 17 heavy (non-hydrogen) atoms. The third kappa shape index (κ3) is 2.95. The lowest BCUT2D eigenvalue weighted by Gasteiger charge is -2.18. The van der Waals surface area contributed by atoms with E-state index in [0.717, 1.165) is 16.7 Å². The van der Waals surface area contributed by atoms with Gasteiger partial charge in [0.25, 0.3) is 0 Å². The summed E-state index contributed by atoms with van der Waals surface area (Å²) in [6.07, 6.45) is 0. The number of aryl methyl sites for hydroxylation is 3. The summed E-state index contributed by atoms with van der Waals surface area (Å²) in [5, 5.41) is 9.32. The molecular weight excluding hydrogens is 212 g/mol. The van der Waals surface area contributed by atoms with Crippen LogP contribution in [-0.4, -0.2) is 17.5 Å². The van der Waals surface area contributed by atoms with E-state index in [1.807, 2.05) is 46.8 Å². The molecule has 94 valence electrons. The molecule has 2 heteroatoms. The highest BCUT2D eigenvalue weighted by molar-refractivity contribution is 5.99. The molecule has 0 aliphatic rings. The van der Waals surface area contributed by atoms with Crippen LogP contribution in [0.5, 0.6) is 0 Å².